The summed E-state index contributed by atoms with van der Waals surface area (Å²) in [5, 5.41) is 13.7. The van der Waals surface area contributed by atoms with Crippen molar-refractivity contribution in [1.29, 1.82) is 0 Å². The highest BCUT2D eigenvalue weighted by Crippen LogP contribution is 2.38. The second-order valence-electron chi connectivity index (χ2n) is 5.91. The van der Waals surface area contributed by atoms with E-state index in [1.54, 1.807) is 0 Å². The van der Waals surface area contributed by atoms with Crippen LogP contribution in [0.25, 0.3) is 0 Å². The van der Waals surface area contributed by atoms with Crippen LogP contribution in [0, 0.1) is 0 Å². The summed E-state index contributed by atoms with van der Waals surface area (Å²) in [7, 11) is 3.97. The van der Waals surface area contributed by atoms with Crippen molar-refractivity contribution < 1.29 is 5.11 Å². The number of likely N-dealkylation sites (N-methyl/N-ethyl adjacent to an activating group) is 1. The number of hydrogen-bond acceptors (Lipinski definition) is 4. The number of benzene rings is 1. The molecule has 0 saturated carbocycles. The first-order valence-corrected chi connectivity index (χ1v) is 7.76. The fourth-order valence-corrected chi connectivity index (χ4v) is 3.91. The van der Waals surface area contributed by atoms with Gasteiger partial charge < -0.3 is 15.3 Å². The molecular formula is C15H24N2OS. The Labute approximate surface area is 120 Å². The predicted molar refractivity (Wildman–Crippen MR) is 82.0 cm³/mol. The molecule has 3 nitrogen and oxygen atoms in total. The van der Waals surface area contributed by atoms with E-state index in [9.17, 15) is 5.11 Å². The van der Waals surface area contributed by atoms with E-state index in [4.69, 9.17) is 0 Å². The molecule has 4 heteroatoms. The molecule has 1 aliphatic heterocycles. The maximum absolute atomic E-state index is 10.2. The number of nitrogens with zero attached hydrogens (tertiary/aromatic N) is 1. The Morgan fingerprint density at radius 1 is 1.42 bits per heavy atom. The Bertz CT molecular complexity index is 420. The summed E-state index contributed by atoms with van der Waals surface area (Å²) in [5.41, 5.74) is 0.779. The van der Waals surface area contributed by atoms with E-state index in [2.05, 4.69) is 29.6 Å². The lowest BCUT2D eigenvalue weighted by atomic mass is 10.0. The summed E-state index contributed by atoms with van der Waals surface area (Å²) in [5.74, 6) is 1.71. The van der Waals surface area contributed by atoms with Gasteiger partial charge >= 0.3 is 0 Å². The molecule has 0 amide bonds. The fourth-order valence-electron chi connectivity index (χ4n) is 2.65. The largest absolute Gasteiger partial charge is 0.388 e. The lowest BCUT2D eigenvalue weighted by Gasteiger charge is -2.27. The molecule has 1 heterocycles. The number of aliphatic hydroxyl groups is 1. The normalized spacial score (nSPS) is 21.4. The quantitative estimate of drug-likeness (QED) is 0.832. The van der Waals surface area contributed by atoms with Gasteiger partial charge in [0.05, 0.1) is 5.60 Å². The predicted octanol–water partition coefficient (Wildman–Crippen LogP) is 1.78. The first kappa shape index (κ1) is 14.9. The van der Waals surface area contributed by atoms with Gasteiger partial charge in [0.2, 0.25) is 0 Å². The molecule has 0 fully saturated rings. The average molecular weight is 280 g/mol. The van der Waals surface area contributed by atoms with Crippen molar-refractivity contribution in [3.63, 3.8) is 0 Å². The van der Waals surface area contributed by atoms with Crippen LogP contribution in [0.1, 0.15) is 18.4 Å². The minimum Gasteiger partial charge on any atom is -0.388 e. The molecule has 2 rings (SSSR count). The molecule has 19 heavy (non-hydrogen) atoms. The van der Waals surface area contributed by atoms with Crippen LogP contribution in [0.4, 0.5) is 0 Å². The summed E-state index contributed by atoms with van der Waals surface area (Å²) in [4.78, 5) is 3.43. The van der Waals surface area contributed by atoms with Crippen molar-refractivity contribution in [3.8, 4) is 0 Å². The molecule has 0 radical (unpaired) electrons. The first-order chi connectivity index (χ1) is 8.98. The van der Waals surface area contributed by atoms with Gasteiger partial charge in [0.25, 0.3) is 0 Å². The van der Waals surface area contributed by atoms with Gasteiger partial charge in [0.1, 0.15) is 0 Å². The van der Waals surface area contributed by atoms with Crippen LogP contribution in [-0.2, 0) is 0 Å². The van der Waals surface area contributed by atoms with Crippen molar-refractivity contribution in [3.05, 3.63) is 29.8 Å². The zero-order valence-electron chi connectivity index (χ0n) is 12.0. The first-order valence-electron chi connectivity index (χ1n) is 6.77. The van der Waals surface area contributed by atoms with E-state index in [1.807, 2.05) is 37.7 Å². The maximum Gasteiger partial charge on any atom is 0.0869 e. The molecule has 0 saturated heterocycles. The standard InChI is InChI=1S/C15H24N2OS/c1-15(18,11-17(2)3)10-16-8-12-9-19-14-7-5-4-6-13(12)14/h4-7,12,16,18H,8-11H2,1-3H3. The third kappa shape index (κ3) is 4.21. The molecule has 106 valence electrons. The summed E-state index contributed by atoms with van der Waals surface area (Å²) in [6.07, 6.45) is 0. The summed E-state index contributed by atoms with van der Waals surface area (Å²) >= 11 is 1.93. The number of thioether (sulfide) groups is 1. The van der Waals surface area contributed by atoms with Crippen LogP contribution in [0.5, 0.6) is 0 Å². The van der Waals surface area contributed by atoms with E-state index in [-0.39, 0.29) is 0 Å². The van der Waals surface area contributed by atoms with Crippen molar-refractivity contribution in [2.45, 2.75) is 23.3 Å². The lowest BCUT2D eigenvalue weighted by molar-refractivity contribution is 0.0338. The number of fused-ring (bicyclic) bond motifs is 1. The highest BCUT2D eigenvalue weighted by molar-refractivity contribution is 7.99. The zero-order chi connectivity index (χ0) is 13.9. The summed E-state index contributed by atoms with van der Waals surface area (Å²) in [6.45, 7) is 4.13. The molecule has 2 unspecified atom stereocenters. The molecule has 2 atom stereocenters. The molecule has 2 N–H and O–H groups in total. The number of rotatable bonds is 6. The van der Waals surface area contributed by atoms with Crippen LogP contribution >= 0.6 is 11.8 Å². The van der Waals surface area contributed by atoms with Gasteiger partial charge in [-0.05, 0) is 32.6 Å². The van der Waals surface area contributed by atoms with E-state index >= 15 is 0 Å². The third-order valence-electron chi connectivity index (χ3n) is 3.35. The second kappa shape index (κ2) is 6.27. The summed E-state index contributed by atoms with van der Waals surface area (Å²) in [6, 6.07) is 8.63. The Hall–Kier alpha value is -0.550. The molecule has 1 aliphatic rings. The number of nitrogens with one attached hydrogen (secondary N) is 1. The van der Waals surface area contributed by atoms with Gasteiger partial charge in [-0.25, -0.2) is 0 Å². The second-order valence-corrected chi connectivity index (χ2v) is 6.97. The van der Waals surface area contributed by atoms with Crippen LogP contribution in [0.3, 0.4) is 0 Å². The van der Waals surface area contributed by atoms with Gasteiger partial charge in [-0.2, -0.15) is 0 Å². The average Bonchev–Trinajstić information content (AvgIpc) is 2.71. The van der Waals surface area contributed by atoms with Crippen molar-refractivity contribution >= 4 is 11.8 Å². The zero-order valence-corrected chi connectivity index (χ0v) is 12.8. The molecule has 0 bridgehead atoms. The van der Waals surface area contributed by atoms with Gasteiger partial charge in [-0.15, -0.1) is 11.8 Å². The van der Waals surface area contributed by atoms with Crippen LogP contribution in [0.15, 0.2) is 29.2 Å². The topological polar surface area (TPSA) is 35.5 Å². The van der Waals surface area contributed by atoms with E-state index < -0.39 is 5.60 Å². The minimum absolute atomic E-state index is 0.566. The Morgan fingerprint density at radius 3 is 2.89 bits per heavy atom. The van der Waals surface area contributed by atoms with Gasteiger partial charge in [0, 0.05) is 36.2 Å². The molecule has 1 aromatic carbocycles. The van der Waals surface area contributed by atoms with Crippen LogP contribution in [-0.4, -0.2) is 55.1 Å². The highest BCUT2D eigenvalue weighted by Gasteiger charge is 2.25. The Kier molecular flexibility index (Phi) is 4.90. The lowest BCUT2D eigenvalue weighted by Crippen LogP contribution is -2.46. The fraction of sp³-hybridized carbons (Fsp3) is 0.600. The highest BCUT2D eigenvalue weighted by atomic mass is 32.2. The molecule has 0 aliphatic carbocycles. The minimum atomic E-state index is -0.672. The SMILES string of the molecule is CN(C)CC(C)(O)CNCC1CSc2ccccc21. The monoisotopic (exact) mass is 280 g/mol. The van der Waals surface area contributed by atoms with Crippen molar-refractivity contribution in [2.24, 2.45) is 0 Å². The van der Waals surface area contributed by atoms with E-state index in [0.29, 0.717) is 19.0 Å². The number of hydrogen-bond donors (Lipinski definition) is 2. The molecule has 0 aromatic heterocycles. The van der Waals surface area contributed by atoms with Crippen molar-refractivity contribution in [1.82, 2.24) is 10.2 Å². The van der Waals surface area contributed by atoms with E-state index in [0.717, 1.165) is 12.3 Å². The maximum atomic E-state index is 10.2. The molecule has 1 aromatic rings. The third-order valence-corrected chi connectivity index (χ3v) is 4.60. The Morgan fingerprint density at radius 2 is 2.16 bits per heavy atom. The smallest absolute Gasteiger partial charge is 0.0869 e. The van der Waals surface area contributed by atoms with Crippen LogP contribution in [0.2, 0.25) is 0 Å². The van der Waals surface area contributed by atoms with E-state index in [1.165, 1.54) is 10.5 Å². The van der Waals surface area contributed by atoms with Gasteiger partial charge in [-0.3, -0.25) is 0 Å². The van der Waals surface area contributed by atoms with Crippen LogP contribution < -0.4 is 5.32 Å². The Balaban J connectivity index is 1.81. The van der Waals surface area contributed by atoms with Gasteiger partial charge in [0.15, 0.2) is 0 Å². The van der Waals surface area contributed by atoms with Crippen molar-refractivity contribution in [2.75, 3.05) is 39.5 Å². The molecular weight excluding hydrogens is 256 g/mol. The summed E-state index contributed by atoms with van der Waals surface area (Å²) < 4.78 is 0. The van der Waals surface area contributed by atoms with Gasteiger partial charge in [-0.1, -0.05) is 18.2 Å². The molecule has 0 spiro atoms.